The standard InChI is InChI=1S/C19H17N3O6/c1-26-16-10-18(28-3)17(27-2)8-12(16)7-13(11-20)19(23)21-14-5-4-6-15(9-14)22(24)25/h4-10H,1-3H3,(H,21,23)/b13-7+. The van der Waals surface area contributed by atoms with Crippen molar-refractivity contribution in [2.45, 2.75) is 0 Å². The molecule has 1 amide bonds. The fourth-order valence-corrected chi connectivity index (χ4v) is 2.37. The van der Waals surface area contributed by atoms with Crippen molar-refractivity contribution < 1.29 is 23.9 Å². The first-order valence-electron chi connectivity index (χ1n) is 7.91. The van der Waals surface area contributed by atoms with Gasteiger partial charge in [0, 0.05) is 29.4 Å². The number of nitrogens with zero attached hydrogens (tertiary/aromatic N) is 2. The molecule has 28 heavy (non-hydrogen) atoms. The number of nitrogens with one attached hydrogen (secondary N) is 1. The van der Waals surface area contributed by atoms with E-state index < -0.39 is 10.8 Å². The SMILES string of the molecule is COc1cc(OC)c(OC)cc1/C=C(\C#N)C(=O)Nc1cccc([N+](=O)[O-])c1. The minimum atomic E-state index is -0.722. The van der Waals surface area contributed by atoms with E-state index in [9.17, 15) is 20.2 Å². The van der Waals surface area contributed by atoms with Gasteiger partial charge in [0.2, 0.25) is 0 Å². The van der Waals surface area contributed by atoms with E-state index in [2.05, 4.69) is 5.32 Å². The smallest absolute Gasteiger partial charge is 0.271 e. The summed E-state index contributed by atoms with van der Waals surface area (Å²) in [7, 11) is 4.37. The molecule has 0 spiro atoms. The van der Waals surface area contributed by atoms with Crippen LogP contribution in [0.3, 0.4) is 0 Å². The molecule has 0 bridgehead atoms. The predicted octanol–water partition coefficient (Wildman–Crippen LogP) is 3.17. The summed E-state index contributed by atoms with van der Waals surface area (Å²) in [6.07, 6.45) is 1.33. The molecule has 2 aromatic rings. The van der Waals surface area contributed by atoms with E-state index in [1.54, 1.807) is 12.1 Å². The average Bonchev–Trinajstić information content (AvgIpc) is 2.71. The average molecular weight is 383 g/mol. The molecule has 9 nitrogen and oxygen atoms in total. The third kappa shape index (κ3) is 4.56. The van der Waals surface area contributed by atoms with Gasteiger partial charge in [-0.3, -0.25) is 14.9 Å². The first-order valence-corrected chi connectivity index (χ1v) is 7.91. The first-order chi connectivity index (χ1) is 13.4. The van der Waals surface area contributed by atoms with Crippen molar-refractivity contribution in [3.63, 3.8) is 0 Å². The molecule has 0 atom stereocenters. The van der Waals surface area contributed by atoms with Gasteiger partial charge >= 0.3 is 0 Å². The summed E-state index contributed by atoms with van der Waals surface area (Å²) in [4.78, 5) is 22.7. The molecule has 0 aromatic heterocycles. The molecule has 2 rings (SSSR count). The maximum absolute atomic E-state index is 12.4. The maximum atomic E-state index is 12.4. The van der Waals surface area contributed by atoms with Gasteiger partial charge in [0.15, 0.2) is 11.5 Å². The molecule has 0 aliphatic heterocycles. The van der Waals surface area contributed by atoms with E-state index in [0.29, 0.717) is 22.8 Å². The van der Waals surface area contributed by atoms with Crippen LogP contribution in [0.4, 0.5) is 11.4 Å². The quantitative estimate of drug-likeness (QED) is 0.337. The lowest BCUT2D eigenvalue weighted by Crippen LogP contribution is -2.13. The highest BCUT2D eigenvalue weighted by atomic mass is 16.6. The number of rotatable bonds is 7. The van der Waals surface area contributed by atoms with Crippen LogP contribution in [0.25, 0.3) is 6.08 Å². The number of anilines is 1. The van der Waals surface area contributed by atoms with Crippen molar-refractivity contribution in [3.8, 4) is 23.3 Å². The number of non-ortho nitro benzene ring substituents is 1. The van der Waals surface area contributed by atoms with Crippen LogP contribution >= 0.6 is 0 Å². The van der Waals surface area contributed by atoms with Crippen LogP contribution in [0.2, 0.25) is 0 Å². The number of ether oxygens (including phenoxy) is 3. The molecule has 0 fully saturated rings. The van der Waals surface area contributed by atoms with Crippen molar-refractivity contribution >= 4 is 23.4 Å². The Morgan fingerprint density at radius 3 is 2.32 bits per heavy atom. The fourth-order valence-electron chi connectivity index (χ4n) is 2.37. The zero-order valence-corrected chi connectivity index (χ0v) is 15.4. The molecule has 9 heteroatoms. The van der Waals surface area contributed by atoms with Crippen molar-refractivity contribution in [1.82, 2.24) is 0 Å². The van der Waals surface area contributed by atoms with Gasteiger partial charge in [-0.1, -0.05) is 6.07 Å². The summed E-state index contributed by atoms with van der Waals surface area (Å²) in [5.41, 5.74) is 0.212. The minimum absolute atomic E-state index is 0.179. The van der Waals surface area contributed by atoms with Gasteiger partial charge in [0.05, 0.1) is 26.3 Å². The molecule has 0 aliphatic carbocycles. The number of hydrogen-bond donors (Lipinski definition) is 1. The lowest BCUT2D eigenvalue weighted by molar-refractivity contribution is -0.384. The largest absolute Gasteiger partial charge is 0.496 e. The molecule has 0 aliphatic rings. The van der Waals surface area contributed by atoms with E-state index in [1.165, 1.54) is 51.7 Å². The van der Waals surface area contributed by atoms with Crippen LogP contribution in [0.1, 0.15) is 5.56 Å². The van der Waals surface area contributed by atoms with E-state index in [-0.39, 0.29) is 16.9 Å². The Labute approximate surface area is 160 Å². The number of nitro benzene ring substituents is 1. The molecule has 0 heterocycles. The fraction of sp³-hybridized carbons (Fsp3) is 0.158. The van der Waals surface area contributed by atoms with Gasteiger partial charge in [-0.2, -0.15) is 5.26 Å². The Morgan fingerprint density at radius 1 is 1.11 bits per heavy atom. The van der Waals surface area contributed by atoms with Crippen LogP contribution in [0.15, 0.2) is 42.0 Å². The number of amides is 1. The first kappa shape index (κ1) is 20.3. The summed E-state index contributed by atoms with van der Waals surface area (Å²) >= 11 is 0. The molecule has 0 radical (unpaired) electrons. The van der Waals surface area contributed by atoms with Crippen molar-refractivity contribution in [3.05, 3.63) is 57.6 Å². The lowest BCUT2D eigenvalue weighted by Gasteiger charge is -2.12. The monoisotopic (exact) mass is 383 g/mol. The second kappa shape index (κ2) is 9.05. The Kier molecular flexibility index (Phi) is 6.54. The van der Waals surface area contributed by atoms with Crippen molar-refractivity contribution in [1.29, 1.82) is 5.26 Å². The van der Waals surface area contributed by atoms with Gasteiger partial charge in [-0.05, 0) is 18.2 Å². The Balaban J connectivity index is 2.38. The summed E-state index contributed by atoms with van der Waals surface area (Å²) in [5.74, 6) is 0.468. The third-order valence-electron chi connectivity index (χ3n) is 3.72. The zero-order chi connectivity index (χ0) is 20.7. The molecule has 0 saturated heterocycles. The van der Waals surface area contributed by atoms with Gasteiger partial charge < -0.3 is 19.5 Å². The second-order valence-electron chi connectivity index (χ2n) is 5.38. The topological polar surface area (TPSA) is 124 Å². The van der Waals surface area contributed by atoms with Crippen molar-refractivity contribution in [2.24, 2.45) is 0 Å². The molecular formula is C19H17N3O6. The van der Waals surface area contributed by atoms with E-state index in [4.69, 9.17) is 14.2 Å². The number of hydrogen-bond acceptors (Lipinski definition) is 7. The molecule has 144 valence electrons. The highest BCUT2D eigenvalue weighted by Gasteiger charge is 2.15. The number of methoxy groups -OCH3 is 3. The van der Waals surface area contributed by atoms with Gasteiger partial charge in [-0.15, -0.1) is 0 Å². The molecule has 0 saturated carbocycles. The molecule has 1 N–H and O–H groups in total. The number of nitro groups is 1. The molecule has 0 unspecified atom stereocenters. The van der Waals surface area contributed by atoms with E-state index >= 15 is 0 Å². The summed E-state index contributed by atoms with van der Waals surface area (Å²) in [6.45, 7) is 0. The highest BCUT2D eigenvalue weighted by Crippen LogP contribution is 2.35. The van der Waals surface area contributed by atoms with Gasteiger partial charge in [0.1, 0.15) is 17.4 Å². The van der Waals surface area contributed by atoms with Crippen LogP contribution in [0.5, 0.6) is 17.2 Å². The van der Waals surface area contributed by atoms with Gasteiger partial charge in [0.25, 0.3) is 11.6 Å². The summed E-state index contributed by atoms with van der Waals surface area (Å²) in [5, 5.41) is 22.7. The van der Waals surface area contributed by atoms with Crippen molar-refractivity contribution in [2.75, 3.05) is 26.6 Å². The Morgan fingerprint density at radius 2 is 1.75 bits per heavy atom. The zero-order valence-electron chi connectivity index (χ0n) is 15.4. The second-order valence-corrected chi connectivity index (χ2v) is 5.38. The van der Waals surface area contributed by atoms with E-state index in [0.717, 1.165) is 0 Å². The minimum Gasteiger partial charge on any atom is -0.496 e. The lowest BCUT2D eigenvalue weighted by atomic mass is 10.1. The maximum Gasteiger partial charge on any atom is 0.271 e. The number of carbonyl (C=O) groups is 1. The number of benzene rings is 2. The molecule has 2 aromatic carbocycles. The van der Waals surface area contributed by atoms with E-state index in [1.807, 2.05) is 6.07 Å². The Hall–Kier alpha value is -4.06. The number of carbonyl (C=O) groups excluding carboxylic acids is 1. The predicted molar refractivity (Wildman–Crippen MR) is 101 cm³/mol. The number of nitriles is 1. The van der Waals surface area contributed by atoms with Crippen LogP contribution in [-0.4, -0.2) is 32.2 Å². The summed E-state index contributed by atoms with van der Waals surface area (Å²) < 4.78 is 15.7. The third-order valence-corrected chi connectivity index (χ3v) is 3.72. The normalized spacial score (nSPS) is 10.6. The van der Waals surface area contributed by atoms with Gasteiger partial charge in [-0.25, -0.2) is 0 Å². The summed E-state index contributed by atoms with van der Waals surface area (Å²) in [6, 6.07) is 10.4. The van der Waals surface area contributed by atoms with Crippen LogP contribution in [0, 0.1) is 21.4 Å². The van der Waals surface area contributed by atoms with Crippen LogP contribution in [-0.2, 0) is 4.79 Å². The molecular weight excluding hydrogens is 366 g/mol. The Bertz CT molecular complexity index is 978. The van der Waals surface area contributed by atoms with Crippen LogP contribution < -0.4 is 19.5 Å². The highest BCUT2D eigenvalue weighted by molar-refractivity contribution is 6.10.